The van der Waals surface area contributed by atoms with Gasteiger partial charge in [-0.05, 0) is 42.5 Å². The molecule has 0 radical (unpaired) electrons. The number of nitrogens with one attached hydrogen (secondary N) is 2. The van der Waals surface area contributed by atoms with E-state index in [0.29, 0.717) is 22.3 Å². The number of anilines is 1. The molecule has 0 atom stereocenters. The quantitative estimate of drug-likeness (QED) is 0.624. The van der Waals surface area contributed by atoms with Gasteiger partial charge in [0, 0.05) is 11.6 Å². The van der Waals surface area contributed by atoms with E-state index >= 15 is 0 Å². The average Bonchev–Trinajstić information content (AvgIpc) is 2.68. The van der Waals surface area contributed by atoms with Crippen molar-refractivity contribution in [1.82, 2.24) is 15.5 Å². The van der Waals surface area contributed by atoms with E-state index in [1.807, 2.05) is 0 Å². The molecule has 1 aromatic heterocycles. The van der Waals surface area contributed by atoms with Crippen molar-refractivity contribution in [3.05, 3.63) is 71.5 Å². The molecule has 1 heterocycles. The van der Waals surface area contributed by atoms with Gasteiger partial charge in [-0.1, -0.05) is 23.7 Å². The molecule has 0 saturated carbocycles. The maximum Gasteiger partial charge on any atom is 0.319 e. The SMILES string of the molecule is O=C(NCCOc1ccc(-c2ccc(F)cc2)nn1)Nc1ccccc1Cl. The van der Waals surface area contributed by atoms with Crippen molar-refractivity contribution in [1.29, 1.82) is 0 Å². The molecule has 0 saturated heterocycles. The summed E-state index contributed by atoms with van der Waals surface area (Å²) >= 11 is 5.97. The molecule has 3 rings (SSSR count). The highest BCUT2D eigenvalue weighted by Crippen LogP contribution is 2.20. The lowest BCUT2D eigenvalue weighted by molar-refractivity contribution is 0.246. The van der Waals surface area contributed by atoms with Gasteiger partial charge in [0.05, 0.1) is 22.9 Å². The van der Waals surface area contributed by atoms with Gasteiger partial charge in [-0.2, -0.15) is 0 Å². The number of hydrogen-bond acceptors (Lipinski definition) is 4. The number of rotatable bonds is 6. The standard InChI is InChI=1S/C19H16ClFN4O2/c20-15-3-1-2-4-17(15)23-19(26)22-11-12-27-18-10-9-16(24-25-18)13-5-7-14(21)8-6-13/h1-10H,11-12H2,(H2,22,23,26). The van der Waals surface area contributed by atoms with E-state index in [9.17, 15) is 9.18 Å². The number of urea groups is 1. The minimum atomic E-state index is -0.385. The van der Waals surface area contributed by atoms with E-state index < -0.39 is 0 Å². The average molecular weight is 387 g/mol. The molecule has 2 amide bonds. The van der Waals surface area contributed by atoms with Crippen LogP contribution in [0.2, 0.25) is 5.02 Å². The number of carbonyl (C=O) groups is 1. The van der Waals surface area contributed by atoms with Crippen LogP contribution in [0.4, 0.5) is 14.9 Å². The predicted molar refractivity (Wildman–Crippen MR) is 101 cm³/mol. The Balaban J connectivity index is 1.43. The lowest BCUT2D eigenvalue weighted by Gasteiger charge is -2.09. The van der Waals surface area contributed by atoms with Gasteiger partial charge in [0.15, 0.2) is 0 Å². The number of para-hydroxylation sites is 1. The van der Waals surface area contributed by atoms with Crippen molar-refractivity contribution < 1.29 is 13.9 Å². The number of nitrogens with zero attached hydrogens (tertiary/aromatic N) is 2. The predicted octanol–water partition coefficient (Wildman–Crippen LogP) is 4.14. The molecule has 0 aliphatic heterocycles. The Morgan fingerprint density at radius 2 is 1.81 bits per heavy atom. The topological polar surface area (TPSA) is 76.1 Å². The molecule has 0 aliphatic carbocycles. The third kappa shape index (κ3) is 5.39. The maximum absolute atomic E-state index is 12.9. The lowest BCUT2D eigenvalue weighted by atomic mass is 10.1. The zero-order chi connectivity index (χ0) is 19.1. The van der Waals surface area contributed by atoms with E-state index in [1.54, 1.807) is 48.5 Å². The summed E-state index contributed by atoms with van der Waals surface area (Å²) in [4.78, 5) is 11.8. The minimum Gasteiger partial charge on any atom is -0.475 e. The fourth-order valence-corrected chi connectivity index (χ4v) is 2.40. The van der Waals surface area contributed by atoms with Crippen LogP contribution in [0.15, 0.2) is 60.7 Å². The van der Waals surface area contributed by atoms with Crippen LogP contribution in [-0.4, -0.2) is 29.4 Å². The number of carbonyl (C=O) groups excluding carboxylic acids is 1. The molecule has 0 fully saturated rings. The van der Waals surface area contributed by atoms with Crippen molar-refractivity contribution in [3.63, 3.8) is 0 Å². The number of amides is 2. The van der Waals surface area contributed by atoms with Crippen LogP contribution in [0.5, 0.6) is 5.88 Å². The Labute approximate surface area is 160 Å². The second-order valence-electron chi connectivity index (χ2n) is 5.47. The van der Waals surface area contributed by atoms with Crippen molar-refractivity contribution in [2.24, 2.45) is 0 Å². The van der Waals surface area contributed by atoms with Crippen molar-refractivity contribution in [2.75, 3.05) is 18.5 Å². The summed E-state index contributed by atoms with van der Waals surface area (Å²) in [7, 11) is 0. The Kier molecular flexibility index (Phi) is 6.17. The number of hydrogen-bond donors (Lipinski definition) is 2. The first-order chi connectivity index (χ1) is 13.1. The molecule has 8 heteroatoms. The van der Waals surface area contributed by atoms with Crippen LogP contribution in [0.1, 0.15) is 0 Å². The van der Waals surface area contributed by atoms with Gasteiger partial charge < -0.3 is 15.4 Å². The van der Waals surface area contributed by atoms with E-state index in [-0.39, 0.29) is 25.0 Å². The van der Waals surface area contributed by atoms with E-state index in [0.717, 1.165) is 5.56 Å². The zero-order valence-electron chi connectivity index (χ0n) is 14.2. The molecule has 6 nitrogen and oxygen atoms in total. The van der Waals surface area contributed by atoms with Gasteiger partial charge >= 0.3 is 6.03 Å². The molecular formula is C19H16ClFN4O2. The summed E-state index contributed by atoms with van der Waals surface area (Å²) in [6.07, 6.45) is 0. The summed E-state index contributed by atoms with van der Waals surface area (Å²) < 4.78 is 18.4. The van der Waals surface area contributed by atoms with Crippen LogP contribution >= 0.6 is 11.6 Å². The minimum absolute atomic E-state index is 0.223. The number of aromatic nitrogens is 2. The highest BCUT2D eigenvalue weighted by Gasteiger charge is 2.05. The first kappa shape index (κ1) is 18.6. The van der Waals surface area contributed by atoms with E-state index in [1.165, 1.54) is 12.1 Å². The molecule has 0 bridgehead atoms. The fourth-order valence-electron chi connectivity index (χ4n) is 2.22. The van der Waals surface area contributed by atoms with Gasteiger partial charge in [0.1, 0.15) is 12.4 Å². The van der Waals surface area contributed by atoms with Gasteiger partial charge in [0.2, 0.25) is 5.88 Å². The van der Waals surface area contributed by atoms with Gasteiger partial charge in [-0.3, -0.25) is 0 Å². The van der Waals surface area contributed by atoms with Crippen LogP contribution in [-0.2, 0) is 0 Å². The Bertz CT molecular complexity index is 904. The van der Waals surface area contributed by atoms with E-state index in [2.05, 4.69) is 20.8 Å². The molecule has 2 aromatic carbocycles. The molecular weight excluding hydrogens is 371 g/mol. The first-order valence-corrected chi connectivity index (χ1v) is 8.51. The molecule has 0 spiro atoms. The lowest BCUT2D eigenvalue weighted by Crippen LogP contribution is -2.32. The summed E-state index contributed by atoms with van der Waals surface area (Å²) in [5.41, 5.74) is 1.90. The normalized spacial score (nSPS) is 10.3. The maximum atomic E-state index is 12.9. The smallest absolute Gasteiger partial charge is 0.319 e. The van der Waals surface area contributed by atoms with Crippen LogP contribution < -0.4 is 15.4 Å². The molecule has 138 valence electrons. The molecule has 0 unspecified atom stereocenters. The van der Waals surface area contributed by atoms with Crippen LogP contribution in [0.25, 0.3) is 11.3 Å². The molecule has 2 N–H and O–H groups in total. The highest BCUT2D eigenvalue weighted by atomic mass is 35.5. The van der Waals surface area contributed by atoms with Crippen molar-refractivity contribution in [3.8, 4) is 17.1 Å². The third-order valence-corrected chi connectivity index (χ3v) is 3.87. The second-order valence-corrected chi connectivity index (χ2v) is 5.88. The Hall–Kier alpha value is -3.19. The van der Waals surface area contributed by atoms with E-state index in [4.69, 9.17) is 16.3 Å². The summed E-state index contributed by atoms with van der Waals surface area (Å²) in [6.45, 7) is 0.498. The number of benzene rings is 2. The largest absolute Gasteiger partial charge is 0.475 e. The van der Waals surface area contributed by atoms with Crippen LogP contribution in [0.3, 0.4) is 0 Å². The Morgan fingerprint density at radius 3 is 2.52 bits per heavy atom. The van der Waals surface area contributed by atoms with Crippen molar-refractivity contribution in [2.45, 2.75) is 0 Å². The summed E-state index contributed by atoms with van der Waals surface area (Å²) in [6, 6.07) is 15.9. The first-order valence-electron chi connectivity index (χ1n) is 8.14. The summed E-state index contributed by atoms with van der Waals surface area (Å²) in [5, 5.41) is 13.8. The zero-order valence-corrected chi connectivity index (χ0v) is 14.9. The van der Waals surface area contributed by atoms with Crippen LogP contribution in [0, 0.1) is 5.82 Å². The van der Waals surface area contributed by atoms with Gasteiger partial charge in [-0.15, -0.1) is 10.2 Å². The number of ether oxygens (including phenoxy) is 1. The number of halogens is 2. The monoisotopic (exact) mass is 386 g/mol. The second kappa shape index (κ2) is 8.95. The highest BCUT2D eigenvalue weighted by molar-refractivity contribution is 6.33. The molecule has 3 aromatic rings. The molecule has 0 aliphatic rings. The molecule has 27 heavy (non-hydrogen) atoms. The van der Waals surface area contributed by atoms with Gasteiger partial charge in [-0.25, -0.2) is 9.18 Å². The van der Waals surface area contributed by atoms with Gasteiger partial charge in [0.25, 0.3) is 0 Å². The fraction of sp³-hybridized carbons (Fsp3) is 0.105. The van der Waals surface area contributed by atoms with Crippen molar-refractivity contribution >= 4 is 23.3 Å². The Morgan fingerprint density at radius 1 is 1.04 bits per heavy atom. The summed E-state index contributed by atoms with van der Waals surface area (Å²) in [5.74, 6) is 0.0203. The third-order valence-electron chi connectivity index (χ3n) is 3.54.